The second-order valence-electron chi connectivity index (χ2n) is 4.28. The molecule has 2 rings (SSSR count). The van der Waals surface area contributed by atoms with Crippen molar-refractivity contribution in [2.24, 2.45) is 4.99 Å². The maximum absolute atomic E-state index is 10.2. The number of nitrogens with zero attached hydrogens (tertiary/aromatic N) is 1. The first-order valence-electron chi connectivity index (χ1n) is 6.08. The van der Waals surface area contributed by atoms with Gasteiger partial charge >= 0.3 is 0 Å². The molecule has 18 heavy (non-hydrogen) atoms. The Morgan fingerprint density at radius 1 is 0.944 bits per heavy atom. The molecule has 0 aliphatic rings. The molecule has 2 unspecified atom stereocenters. The van der Waals surface area contributed by atoms with E-state index in [1.165, 1.54) is 0 Å². The maximum atomic E-state index is 10.2. The molecule has 1 N–H and O–H groups in total. The highest BCUT2D eigenvalue weighted by Gasteiger charge is 2.13. The van der Waals surface area contributed by atoms with Gasteiger partial charge in [-0.15, -0.1) is 0 Å². The van der Waals surface area contributed by atoms with Gasteiger partial charge in [-0.1, -0.05) is 60.7 Å². The molecule has 92 valence electrons. The van der Waals surface area contributed by atoms with Crippen molar-refractivity contribution in [3.05, 3.63) is 71.8 Å². The van der Waals surface area contributed by atoms with Gasteiger partial charge in [0.2, 0.25) is 0 Å². The van der Waals surface area contributed by atoms with E-state index in [0.29, 0.717) is 0 Å². The largest absolute Gasteiger partial charge is 0.386 e. The normalized spacial score (nSPS) is 14.6. The van der Waals surface area contributed by atoms with Gasteiger partial charge in [0.25, 0.3) is 0 Å². The Balaban J connectivity index is 2.04. The average molecular weight is 239 g/mol. The van der Waals surface area contributed by atoms with Crippen LogP contribution in [0, 0.1) is 0 Å². The molecule has 2 atom stereocenters. The zero-order valence-corrected chi connectivity index (χ0v) is 10.4. The zero-order valence-electron chi connectivity index (χ0n) is 10.4. The number of hydrogen-bond acceptors (Lipinski definition) is 2. The summed E-state index contributed by atoms with van der Waals surface area (Å²) in [5.41, 5.74) is 1.94. The highest BCUT2D eigenvalue weighted by atomic mass is 16.3. The monoisotopic (exact) mass is 239 g/mol. The van der Waals surface area contributed by atoms with Gasteiger partial charge in [-0.2, -0.15) is 0 Å². The number of aliphatic hydroxyl groups excluding tert-OH is 1. The second-order valence-corrected chi connectivity index (χ2v) is 4.28. The van der Waals surface area contributed by atoms with Crippen LogP contribution in [0.3, 0.4) is 0 Å². The summed E-state index contributed by atoms with van der Waals surface area (Å²) in [4.78, 5) is 4.40. The molecule has 0 saturated carbocycles. The van der Waals surface area contributed by atoms with Crippen molar-refractivity contribution >= 4 is 6.21 Å². The van der Waals surface area contributed by atoms with E-state index >= 15 is 0 Å². The van der Waals surface area contributed by atoms with Gasteiger partial charge in [0.15, 0.2) is 0 Å². The van der Waals surface area contributed by atoms with E-state index in [-0.39, 0.29) is 6.04 Å². The molecule has 0 amide bonds. The van der Waals surface area contributed by atoms with Crippen LogP contribution in [-0.2, 0) is 0 Å². The lowest BCUT2D eigenvalue weighted by Gasteiger charge is -2.15. The topological polar surface area (TPSA) is 32.6 Å². The van der Waals surface area contributed by atoms with Crippen LogP contribution in [0.5, 0.6) is 0 Å². The maximum Gasteiger partial charge on any atom is 0.101 e. The third kappa shape index (κ3) is 3.28. The molecule has 0 radical (unpaired) electrons. The predicted molar refractivity (Wildman–Crippen MR) is 74.9 cm³/mol. The lowest BCUT2D eigenvalue weighted by atomic mass is 10.0. The Bertz CT molecular complexity index is 493. The number of hydrogen-bond donors (Lipinski definition) is 1. The van der Waals surface area contributed by atoms with E-state index < -0.39 is 6.10 Å². The molecule has 0 aromatic heterocycles. The SMILES string of the molecule is CC(N=Cc1ccccc1)C(O)c1ccccc1. The zero-order chi connectivity index (χ0) is 12.8. The van der Waals surface area contributed by atoms with Crippen LogP contribution in [0.4, 0.5) is 0 Å². The fraction of sp³-hybridized carbons (Fsp3) is 0.188. The molecule has 2 aromatic rings. The fourth-order valence-electron chi connectivity index (χ4n) is 1.75. The number of rotatable bonds is 4. The summed E-state index contributed by atoms with van der Waals surface area (Å²) in [6, 6.07) is 19.4. The first kappa shape index (κ1) is 12.5. The molecule has 0 heterocycles. The third-order valence-corrected chi connectivity index (χ3v) is 2.86. The highest BCUT2D eigenvalue weighted by Crippen LogP contribution is 2.18. The van der Waals surface area contributed by atoms with E-state index in [0.717, 1.165) is 11.1 Å². The van der Waals surface area contributed by atoms with E-state index in [2.05, 4.69) is 4.99 Å². The minimum Gasteiger partial charge on any atom is -0.386 e. The molecule has 2 nitrogen and oxygen atoms in total. The van der Waals surface area contributed by atoms with Crippen molar-refractivity contribution in [1.82, 2.24) is 0 Å². The smallest absolute Gasteiger partial charge is 0.101 e. The molecule has 0 fully saturated rings. The van der Waals surface area contributed by atoms with Crippen LogP contribution in [0.1, 0.15) is 24.2 Å². The van der Waals surface area contributed by atoms with Crippen molar-refractivity contribution in [1.29, 1.82) is 0 Å². The summed E-state index contributed by atoms with van der Waals surface area (Å²) in [6.07, 6.45) is 1.24. The first-order valence-corrected chi connectivity index (χ1v) is 6.08. The van der Waals surface area contributed by atoms with Crippen LogP contribution in [0.25, 0.3) is 0 Å². The molecule has 2 aromatic carbocycles. The molecule has 0 bridgehead atoms. The van der Waals surface area contributed by atoms with Gasteiger partial charge in [-0.05, 0) is 18.1 Å². The summed E-state index contributed by atoms with van der Waals surface area (Å²) in [6.45, 7) is 1.91. The highest BCUT2D eigenvalue weighted by molar-refractivity contribution is 5.79. The van der Waals surface area contributed by atoms with Crippen LogP contribution in [-0.4, -0.2) is 17.4 Å². The van der Waals surface area contributed by atoms with Crippen LogP contribution >= 0.6 is 0 Å². The summed E-state index contributed by atoms with van der Waals surface area (Å²) in [5, 5.41) is 10.2. The molecule has 0 spiro atoms. The molecule has 0 saturated heterocycles. The Morgan fingerprint density at radius 3 is 2.11 bits per heavy atom. The Kier molecular flexibility index (Phi) is 4.26. The Hall–Kier alpha value is -1.93. The standard InChI is InChI=1S/C16H17NO/c1-13(16(18)15-10-6-3-7-11-15)17-12-14-8-4-2-5-9-14/h2-13,16,18H,1H3. The molecular weight excluding hydrogens is 222 g/mol. The van der Waals surface area contributed by atoms with Crippen molar-refractivity contribution < 1.29 is 5.11 Å². The van der Waals surface area contributed by atoms with Gasteiger partial charge in [0.1, 0.15) is 6.10 Å². The van der Waals surface area contributed by atoms with Crippen LogP contribution in [0.15, 0.2) is 65.7 Å². The van der Waals surface area contributed by atoms with Crippen LogP contribution < -0.4 is 0 Å². The molecule has 2 heteroatoms. The van der Waals surface area contributed by atoms with Gasteiger partial charge in [0, 0.05) is 6.21 Å². The van der Waals surface area contributed by atoms with E-state index in [1.54, 1.807) is 6.21 Å². The average Bonchev–Trinajstić information content (AvgIpc) is 2.46. The number of aliphatic hydroxyl groups is 1. The number of aliphatic imine (C=N–C) groups is 1. The van der Waals surface area contributed by atoms with E-state index in [4.69, 9.17) is 0 Å². The van der Waals surface area contributed by atoms with Crippen molar-refractivity contribution in [3.8, 4) is 0 Å². The Morgan fingerprint density at radius 2 is 1.50 bits per heavy atom. The molecule has 0 aliphatic heterocycles. The summed E-state index contributed by atoms with van der Waals surface area (Å²) in [7, 11) is 0. The third-order valence-electron chi connectivity index (χ3n) is 2.86. The van der Waals surface area contributed by atoms with Crippen molar-refractivity contribution in [2.45, 2.75) is 19.1 Å². The van der Waals surface area contributed by atoms with Gasteiger partial charge in [0.05, 0.1) is 6.04 Å². The minimum atomic E-state index is -0.564. The fourth-order valence-corrected chi connectivity index (χ4v) is 1.75. The van der Waals surface area contributed by atoms with Gasteiger partial charge in [-0.25, -0.2) is 0 Å². The first-order chi connectivity index (χ1) is 8.77. The van der Waals surface area contributed by atoms with Gasteiger partial charge in [-0.3, -0.25) is 4.99 Å². The summed E-state index contributed by atoms with van der Waals surface area (Å²) in [5.74, 6) is 0. The van der Waals surface area contributed by atoms with Gasteiger partial charge < -0.3 is 5.11 Å². The second kappa shape index (κ2) is 6.12. The number of benzene rings is 2. The minimum absolute atomic E-state index is 0.160. The lowest BCUT2D eigenvalue weighted by Crippen LogP contribution is -2.12. The van der Waals surface area contributed by atoms with E-state index in [1.807, 2.05) is 67.6 Å². The molecule has 0 aliphatic carbocycles. The predicted octanol–water partition coefficient (Wildman–Crippen LogP) is 3.23. The van der Waals surface area contributed by atoms with Crippen molar-refractivity contribution in [2.75, 3.05) is 0 Å². The summed E-state index contributed by atoms with van der Waals surface area (Å²) < 4.78 is 0. The van der Waals surface area contributed by atoms with E-state index in [9.17, 15) is 5.11 Å². The molecular formula is C16H17NO. The summed E-state index contributed by atoms with van der Waals surface area (Å²) >= 11 is 0. The van der Waals surface area contributed by atoms with Crippen molar-refractivity contribution in [3.63, 3.8) is 0 Å². The lowest BCUT2D eigenvalue weighted by molar-refractivity contribution is 0.154. The van der Waals surface area contributed by atoms with Crippen LogP contribution in [0.2, 0.25) is 0 Å². The Labute approximate surface area is 108 Å². The quantitative estimate of drug-likeness (QED) is 0.816.